The van der Waals surface area contributed by atoms with Gasteiger partial charge in [0.2, 0.25) is 5.95 Å². The molecule has 0 atom stereocenters. The van der Waals surface area contributed by atoms with Gasteiger partial charge >= 0.3 is 0 Å². The molecule has 0 spiro atoms. The lowest BCUT2D eigenvalue weighted by molar-refractivity contribution is 0.413. The van der Waals surface area contributed by atoms with Gasteiger partial charge in [-0.25, -0.2) is 9.97 Å². The van der Waals surface area contributed by atoms with Crippen LogP contribution in [-0.2, 0) is 0 Å². The second-order valence-corrected chi connectivity index (χ2v) is 6.83. The Morgan fingerprint density at radius 1 is 1.08 bits per heavy atom. The first-order valence-corrected chi connectivity index (χ1v) is 9.14. The van der Waals surface area contributed by atoms with Gasteiger partial charge in [-0.2, -0.15) is 0 Å². The average molecular weight is 354 g/mol. The summed E-state index contributed by atoms with van der Waals surface area (Å²) in [7, 11) is 4.14. The summed E-state index contributed by atoms with van der Waals surface area (Å²) in [5.74, 6) is 0.750. The summed E-state index contributed by atoms with van der Waals surface area (Å²) in [6.45, 7) is 4.83. The monoisotopic (exact) mass is 354 g/mol. The molecule has 0 aliphatic heterocycles. The summed E-state index contributed by atoms with van der Waals surface area (Å²) in [5, 5.41) is 2.06. The number of anilines is 1. The summed E-state index contributed by atoms with van der Waals surface area (Å²) in [5.41, 5.74) is 2.60. The third-order valence-electron chi connectivity index (χ3n) is 3.85. The van der Waals surface area contributed by atoms with Crippen molar-refractivity contribution in [2.75, 3.05) is 38.6 Å². The molecule has 3 aromatic rings. The van der Waals surface area contributed by atoms with Gasteiger partial charge in [0.05, 0.1) is 22.5 Å². The Morgan fingerprint density at radius 3 is 2.60 bits per heavy atom. The van der Waals surface area contributed by atoms with Crippen LogP contribution >= 0.6 is 11.3 Å². The fourth-order valence-corrected chi connectivity index (χ4v) is 3.20. The lowest BCUT2D eigenvalue weighted by Gasteiger charge is -2.23. The lowest BCUT2D eigenvalue weighted by Crippen LogP contribution is -2.32. The zero-order chi connectivity index (χ0) is 17.6. The summed E-state index contributed by atoms with van der Waals surface area (Å²) in [6.07, 6.45) is 6.97. The van der Waals surface area contributed by atoms with E-state index in [1.54, 1.807) is 29.9 Å². The topological polar surface area (TPSA) is 58.0 Å². The highest BCUT2D eigenvalue weighted by molar-refractivity contribution is 7.13. The minimum Gasteiger partial charge on any atom is -0.340 e. The molecule has 3 rings (SSSR count). The fraction of sp³-hybridized carbons (Fsp3) is 0.333. The first-order valence-electron chi connectivity index (χ1n) is 8.26. The number of aromatic nitrogens is 4. The van der Waals surface area contributed by atoms with Crippen LogP contribution in [0.1, 0.15) is 6.92 Å². The first kappa shape index (κ1) is 17.4. The van der Waals surface area contributed by atoms with Crippen LogP contribution in [0.4, 0.5) is 5.95 Å². The maximum absolute atomic E-state index is 4.88. The summed E-state index contributed by atoms with van der Waals surface area (Å²) < 4.78 is 0. The number of hydrogen-bond donors (Lipinski definition) is 0. The molecule has 0 saturated carbocycles. The maximum Gasteiger partial charge on any atom is 0.225 e. The quantitative estimate of drug-likeness (QED) is 0.650. The van der Waals surface area contributed by atoms with Gasteiger partial charge in [-0.1, -0.05) is 6.07 Å². The number of rotatable bonds is 7. The van der Waals surface area contributed by atoms with Crippen molar-refractivity contribution < 1.29 is 0 Å². The molecule has 25 heavy (non-hydrogen) atoms. The van der Waals surface area contributed by atoms with E-state index in [1.807, 2.05) is 12.3 Å². The zero-order valence-electron chi connectivity index (χ0n) is 14.8. The van der Waals surface area contributed by atoms with Gasteiger partial charge < -0.3 is 9.80 Å². The van der Waals surface area contributed by atoms with Crippen LogP contribution in [0.25, 0.3) is 21.8 Å². The van der Waals surface area contributed by atoms with Crippen molar-refractivity contribution in [3.05, 3.63) is 42.3 Å². The van der Waals surface area contributed by atoms with Gasteiger partial charge in [-0.3, -0.25) is 9.97 Å². The Morgan fingerprint density at radius 2 is 1.96 bits per heavy atom. The lowest BCUT2D eigenvalue weighted by atomic mass is 10.1. The van der Waals surface area contributed by atoms with Gasteiger partial charge in [0.15, 0.2) is 0 Å². The van der Waals surface area contributed by atoms with Gasteiger partial charge in [0, 0.05) is 43.8 Å². The van der Waals surface area contributed by atoms with Crippen molar-refractivity contribution in [3.63, 3.8) is 0 Å². The minimum absolute atomic E-state index is 0.750. The van der Waals surface area contributed by atoms with Gasteiger partial charge in [-0.05, 0) is 32.5 Å². The molecule has 3 heterocycles. The molecule has 0 fully saturated rings. The van der Waals surface area contributed by atoms with Crippen LogP contribution in [-0.4, -0.2) is 58.6 Å². The number of likely N-dealkylation sites (N-methyl/N-ethyl adjacent to an activating group) is 2. The standard InChI is InChI=1S/C18H22N6S/c1-4-24(10-9-23(2)3)18-21-12-14(15-13-19-7-8-20-15)17(22-18)16-6-5-11-25-16/h5-8,11-13H,4,9-10H2,1-3H3. The first-order chi connectivity index (χ1) is 12.2. The van der Waals surface area contributed by atoms with E-state index < -0.39 is 0 Å². The molecule has 0 aliphatic rings. The van der Waals surface area contributed by atoms with Crippen LogP contribution in [0, 0.1) is 0 Å². The molecule has 0 amide bonds. The number of hydrogen-bond acceptors (Lipinski definition) is 7. The van der Waals surface area contributed by atoms with Crippen LogP contribution in [0.5, 0.6) is 0 Å². The van der Waals surface area contributed by atoms with Crippen molar-refractivity contribution >= 4 is 17.3 Å². The fourth-order valence-electron chi connectivity index (χ4n) is 2.47. The average Bonchev–Trinajstić information content (AvgIpc) is 3.17. The van der Waals surface area contributed by atoms with Crippen LogP contribution in [0.15, 0.2) is 42.3 Å². The predicted molar refractivity (Wildman–Crippen MR) is 103 cm³/mol. The molecule has 0 unspecified atom stereocenters. The molecule has 0 aromatic carbocycles. The Bertz CT molecular complexity index is 789. The van der Waals surface area contributed by atoms with E-state index >= 15 is 0 Å². The SMILES string of the molecule is CCN(CCN(C)C)c1ncc(-c2cnccn2)c(-c2cccs2)n1. The summed E-state index contributed by atoms with van der Waals surface area (Å²) in [6, 6.07) is 4.11. The second-order valence-electron chi connectivity index (χ2n) is 5.88. The second kappa shape index (κ2) is 8.13. The van der Waals surface area contributed by atoms with E-state index in [4.69, 9.17) is 4.98 Å². The smallest absolute Gasteiger partial charge is 0.225 e. The van der Waals surface area contributed by atoms with E-state index in [1.165, 1.54) is 0 Å². The van der Waals surface area contributed by atoms with Gasteiger partial charge in [-0.15, -0.1) is 11.3 Å². The Balaban J connectivity index is 2.02. The van der Waals surface area contributed by atoms with Crippen molar-refractivity contribution in [2.45, 2.75) is 6.92 Å². The summed E-state index contributed by atoms with van der Waals surface area (Å²) >= 11 is 1.67. The van der Waals surface area contributed by atoms with Gasteiger partial charge in [0.1, 0.15) is 0 Å². The maximum atomic E-state index is 4.88. The highest BCUT2D eigenvalue weighted by atomic mass is 32.1. The molecule has 3 aromatic heterocycles. The Kier molecular flexibility index (Phi) is 5.67. The van der Waals surface area contributed by atoms with Crippen molar-refractivity contribution in [1.82, 2.24) is 24.8 Å². The molecular formula is C18H22N6S. The molecule has 0 N–H and O–H groups in total. The normalized spacial score (nSPS) is 11.0. The zero-order valence-corrected chi connectivity index (χ0v) is 15.6. The third-order valence-corrected chi connectivity index (χ3v) is 4.73. The van der Waals surface area contributed by atoms with E-state index in [0.717, 1.165) is 47.4 Å². The van der Waals surface area contributed by atoms with Crippen molar-refractivity contribution in [2.24, 2.45) is 0 Å². The molecule has 0 bridgehead atoms. The minimum atomic E-state index is 0.750. The van der Waals surface area contributed by atoms with E-state index in [2.05, 4.69) is 57.2 Å². The molecule has 6 nitrogen and oxygen atoms in total. The van der Waals surface area contributed by atoms with Gasteiger partial charge in [0.25, 0.3) is 0 Å². The van der Waals surface area contributed by atoms with Crippen molar-refractivity contribution in [3.8, 4) is 21.8 Å². The van der Waals surface area contributed by atoms with Crippen LogP contribution in [0.2, 0.25) is 0 Å². The molecule has 130 valence electrons. The molecular weight excluding hydrogens is 332 g/mol. The highest BCUT2D eigenvalue weighted by Crippen LogP contribution is 2.32. The largest absolute Gasteiger partial charge is 0.340 e. The summed E-state index contributed by atoms with van der Waals surface area (Å²) in [4.78, 5) is 23.5. The Hall–Kier alpha value is -2.38. The predicted octanol–water partition coefficient (Wildman–Crippen LogP) is 3.05. The molecule has 0 aliphatic carbocycles. The number of nitrogens with zero attached hydrogens (tertiary/aromatic N) is 6. The van der Waals surface area contributed by atoms with E-state index in [0.29, 0.717) is 0 Å². The number of thiophene rings is 1. The van der Waals surface area contributed by atoms with Crippen molar-refractivity contribution in [1.29, 1.82) is 0 Å². The third kappa shape index (κ3) is 4.18. The highest BCUT2D eigenvalue weighted by Gasteiger charge is 2.16. The van der Waals surface area contributed by atoms with Crippen LogP contribution < -0.4 is 4.90 Å². The van der Waals surface area contributed by atoms with Crippen LogP contribution in [0.3, 0.4) is 0 Å². The molecule has 0 radical (unpaired) electrons. The van der Waals surface area contributed by atoms with E-state index in [-0.39, 0.29) is 0 Å². The Labute approximate surface area is 152 Å². The molecule has 0 saturated heterocycles. The molecule has 7 heteroatoms. The van der Waals surface area contributed by atoms with E-state index in [9.17, 15) is 0 Å².